The number of rotatable bonds is 4. The van der Waals surface area contributed by atoms with Crippen molar-refractivity contribution in [3.63, 3.8) is 0 Å². The third-order valence-corrected chi connectivity index (χ3v) is 2.19. The molecule has 0 fully saturated rings. The number of benzene rings is 1. The predicted octanol–water partition coefficient (Wildman–Crippen LogP) is 1.33. The van der Waals surface area contributed by atoms with Crippen LogP contribution >= 0.6 is 0 Å². The van der Waals surface area contributed by atoms with Crippen LogP contribution in [0.15, 0.2) is 24.3 Å². The summed E-state index contributed by atoms with van der Waals surface area (Å²) < 4.78 is 4.73. The summed E-state index contributed by atoms with van der Waals surface area (Å²) in [6.07, 6.45) is 2.65. The highest BCUT2D eigenvalue weighted by atomic mass is 16.5. The largest absolute Gasteiger partial charge is 0.508 e. The monoisotopic (exact) mass is 249 g/mol. The van der Waals surface area contributed by atoms with Crippen LogP contribution in [0.3, 0.4) is 0 Å². The number of phenols is 1. The Bertz CT molecular complexity index is 480. The Morgan fingerprint density at radius 3 is 2.78 bits per heavy atom. The van der Waals surface area contributed by atoms with E-state index in [9.17, 15) is 14.7 Å². The van der Waals surface area contributed by atoms with Crippen LogP contribution in [-0.2, 0) is 9.53 Å². The second-order valence-electron chi connectivity index (χ2n) is 3.44. The van der Waals surface area contributed by atoms with Crippen LogP contribution in [0, 0.1) is 0 Å². The van der Waals surface area contributed by atoms with Crippen LogP contribution in [0.2, 0.25) is 0 Å². The molecule has 1 rings (SSSR count). The Morgan fingerprint density at radius 2 is 2.17 bits per heavy atom. The number of phenolic OH excluding ortho intramolecular Hbond substituents is 1. The summed E-state index contributed by atoms with van der Waals surface area (Å²) in [5, 5.41) is 11.9. The molecule has 5 nitrogen and oxygen atoms in total. The van der Waals surface area contributed by atoms with E-state index in [0.717, 1.165) is 0 Å². The van der Waals surface area contributed by atoms with Gasteiger partial charge >= 0.3 is 5.97 Å². The van der Waals surface area contributed by atoms with E-state index in [0.29, 0.717) is 11.1 Å². The minimum Gasteiger partial charge on any atom is -0.508 e. The number of carbonyl (C=O) groups excluding carboxylic acids is 2. The molecule has 0 atom stereocenters. The van der Waals surface area contributed by atoms with Crippen LogP contribution in [0.1, 0.15) is 22.8 Å². The minimum absolute atomic E-state index is 0.0196. The van der Waals surface area contributed by atoms with Gasteiger partial charge in [-0.05, 0) is 36.8 Å². The fourth-order valence-electron chi connectivity index (χ4n) is 1.38. The zero-order valence-electron chi connectivity index (χ0n) is 10.3. The van der Waals surface area contributed by atoms with Gasteiger partial charge in [-0.2, -0.15) is 0 Å². The van der Waals surface area contributed by atoms with Gasteiger partial charge in [-0.1, -0.05) is 0 Å². The van der Waals surface area contributed by atoms with E-state index in [4.69, 9.17) is 4.74 Å². The fourth-order valence-corrected chi connectivity index (χ4v) is 1.38. The molecule has 0 radical (unpaired) electrons. The van der Waals surface area contributed by atoms with E-state index in [2.05, 4.69) is 5.32 Å². The van der Waals surface area contributed by atoms with Gasteiger partial charge < -0.3 is 15.2 Å². The quantitative estimate of drug-likeness (QED) is 0.623. The van der Waals surface area contributed by atoms with Gasteiger partial charge in [0.05, 0.1) is 6.61 Å². The molecule has 2 N–H and O–H groups in total. The summed E-state index contributed by atoms with van der Waals surface area (Å²) >= 11 is 0. The predicted molar refractivity (Wildman–Crippen MR) is 67.2 cm³/mol. The van der Waals surface area contributed by atoms with Gasteiger partial charge in [0.1, 0.15) is 5.75 Å². The van der Waals surface area contributed by atoms with Gasteiger partial charge in [0.25, 0.3) is 5.91 Å². The zero-order valence-corrected chi connectivity index (χ0v) is 10.3. The van der Waals surface area contributed by atoms with Crippen molar-refractivity contribution in [1.29, 1.82) is 0 Å². The Labute approximate surface area is 105 Å². The number of amides is 1. The summed E-state index contributed by atoms with van der Waals surface area (Å²) in [5.74, 6) is -0.770. The molecule has 5 heteroatoms. The second kappa shape index (κ2) is 6.44. The maximum absolute atomic E-state index is 11.6. The molecule has 1 amide bonds. The first-order chi connectivity index (χ1) is 8.58. The van der Waals surface area contributed by atoms with Crippen molar-refractivity contribution in [2.24, 2.45) is 0 Å². The van der Waals surface area contributed by atoms with Crippen LogP contribution in [-0.4, -0.2) is 30.6 Å². The molecule has 0 aliphatic carbocycles. The first-order valence-corrected chi connectivity index (χ1v) is 5.48. The molecule has 0 bridgehead atoms. The van der Waals surface area contributed by atoms with Gasteiger partial charge in [-0.15, -0.1) is 0 Å². The number of carbonyl (C=O) groups is 2. The second-order valence-corrected chi connectivity index (χ2v) is 3.44. The summed E-state index contributed by atoms with van der Waals surface area (Å²) in [4.78, 5) is 22.8. The summed E-state index contributed by atoms with van der Waals surface area (Å²) in [5.41, 5.74) is 0.818. The molecule has 1 aromatic rings. The molecular weight excluding hydrogens is 234 g/mol. The Kier molecular flexibility index (Phi) is 4.92. The van der Waals surface area contributed by atoms with Gasteiger partial charge in [0.2, 0.25) is 0 Å². The molecule has 0 unspecified atom stereocenters. The van der Waals surface area contributed by atoms with Crippen LogP contribution < -0.4 is 5.32 Å². The number of hydrogen-bond donors (Lipinski definition) is 2. The van der Waals surface area contributed by atoms with E-state index in [1.165, 1.54) is 37.4 Å². The van der Waals surface area contributed by atoms with Crippen LogP contribution in [0.4, 0.5) is 0 Å². The van der Waals surface area contributed by atoms with Crippen molar-refractivity contribution >= 4 is 18.0 Å². The molecule has 0 aliphatic heterocycles. The number of nitrogens with one attached hydrogen (secondary N) is 1. The smallest absolute Gasteiger partial charge is 0.330 e. The van der Waals surface area contributed by atoms with Crippen molar-refractivity contribution in [2.75, 3.05) is 13.7 Å². The van der Waals surface area contributed by atoms with E-state index in [-0.39, 0.29) is 18.3 Å². The fraction of sp³-hybridized carbons (Fsp3) is 0.231. The average Bonchev–Trinajstić information content (AvgIpc) is 2.36. The Balaban J connectivity index is 3.02. The molecular formula is C13H15NO4. The van der Waals surface area contributed by atoms with E-state index >= 15 is 0 Å². The first kappa shape index (κ1) is 13.8. The van der Waals surface area contributed by atoms with Crippen molar-refractivity contribution in [3.05, 3.63) is 35.4 Å². The van der Waals surface area contributed by atoms with E-state index in [1.54, 1.807) is 6.92 Å². The standard InChI is InChI=1S/C13H15NO4/c1-3-18-12(16)7-4-9-8-10(15)5-6-11(9)13(17)14-2/h4-8,15H,3H2,1-2H3,(H,14,17)/b7-4+. The molecule has 0 aliphatic rings. The molecule has 0 saturated carbocycles. The highest BCUT2D eigenvalue weighted by Crippen LogP contribution is 2.18. The molecule has 1 aromatic carbocycles. The number of ether oxygens (including phenoxy) is 1. The average molecular weight is 249 g/mol. The third-order valence-electron chi connectivity index (χ3n) is 2.19. The molecule has 96 valence electrons. The maximum atomic E-state index is 11.6. The summed E-state index contributed by atoms with van der Waals surface area (Å²) in [6.45, 7) is 1.99. The lowest BCUT2D eigenvalue weighted by atomic mass is 10.1. The third kappa shape index (κ3) is 3.62. The molecule has 0 saturated heterocycles. The molecule has 0 spiro atoms. The Morgan fingerprint density at radius 1 is 1.44 bits per heavy atom. The zero-order chi connectivity index (χ0) is 13.5. The van der Waals surface area contributed by atoms with Gasteiger partial charge in [0, 0.05) is 18.7 Å². The van der Waals surface area contributed by atoms with Crippen LogP contribution in [0.25, 0.3) is 6.08 Å². The lowest BCUT2D eigenvalue weighted by Crippen LogP contribution is -2.18. The lowest BCUT2D eigenvalue weighted by Gasteiger charge is -2.05. The first-order valence-electron chi connectivity index (χ1n) is 5.48. The van der Waals surface area contributed by atoms with E-state index < -0.39 is 5.97 Å². The number of aromatic hydroxyl groups is 1. The Hall–Kier alpha value is -2.30. The molecule has 0 heterocycles. The molecule has 18 heavy (non-hydrogen) atoms. The maximum Gasteiger partial charge on any atom is 0.330 e. The van der Waals surface area contributed by atoms with Gasteiger partial charge in [0.15, 0.2) is 0 Å². The highest BCUT2D eigenvalue weighted by molar-refractivity contribution is 5.99. The topological polar surface area (TPSA) is 75.6 Å². The minimum atomic E-state index is -0.497. The van der Waals surface area contributed by atoms with Crippen molar-refractivity contribution in [3.8, 4) is 5.75 Å². The van der Waals surface area contributed by atoms with Gasteiger partial charge in [-0.3, -0.25) is 4.79 Å². The SMILES string of the molecule is CCOC(=O)/C=C/c1cc(O)ccc1C(=O)NC. The summed E-state index contributed by atoms with van der Waals surface area (Å²) in [6, 6.07) is 4.30. The van der Waals surface area contributed by atoms with E-state index in [1.807, 2.05) is 0 Å². The molecule has 0 aromatic heterocycles. The number of hydrogen-bond acceptors (Lipinski definition) is 4. The summed E-state index contributed by atoms with van der Waals surface area (Å²) in [7, 11) is 1.51. The van der Waals surface area contributed by atoms with Crippen molar-refractivity contribution in [2.45, 2.75) is 6.92 Å². The van der Waals surface area contributed by atoms with Crippen LogP contribution in [0.5, 0.6) is 5.75 Å². The number of esters is 1. The normalized spacial score (nSPS) is 10.3. The lowest BCUT2D eigenvalue weighted by molar-refractivity contribution is -0.137. The highest BCUT2D eigenvalue weighted by Gasteiger charge is 2.09. The van der Waals surface area contributed by atoms with Gasteiger partial charge in [-0.25, -0.2) is 4.79 Å². The van der Waals surface area contributed by atoms with Crippen molar-refractivity contribution < 1.29 is 19.4 Å². The van der Waals surface area contributed by atoms with Crippen molar-refractivity contribution in [1.82, 2.24) is 5.32 Å².